The molecule has 1 atom stereocenters. The summed E-state index contributed by atoms with van der Waals surface area (Å²) in [6.45, 7) is 10.00. The first-order valence-corrected chi connectivity index (χ1v) is 8.34. The minimum absolute atomic E-state index is 0.0803. The third-order valence-electron chi connectivity index (χ3n) is 3.99. The molecule has 2 rings (SSSR count). The van der Waals surface area contributed by atoms with E-state index in [1.807, 2.05) is 20.8 Å². The SMILES string of the molecule is CCCO[C@@H]1CCCN(C(=O)c2cc(C(C)(C)C)[nH]c(=O)n2)C1. The number of nitrogens with zero attached hydrogens (tertiary/aromatic N) is 2. The zero-order valence-corrected chi connectivity index (χ0v) is 14.5. The van der Waals surface area contributed by atoms with E-state index in [0.29, 0.717) is 19.7 Å². The van der Waals surface area contributed by atoms with Crippen molar-refractivity contribution in [1.29, 1.82) is 0 Å². The lowest BCUT2D eigenvalue weighted by atomic mass is 9.91. The first-order chi connectivity index (χ1) is 10.8. The molecule has 1 aromatic heterocycles. The monoisotopic (exact) mass is 321 g/mol. The van der Waals surface area contributed by atoms with Crippen LogP contribution in [0.1, 0.15) is 63.1 Å². The summed E-state index contributed by atoms with van der Waals surface area (Å²) >= 11 is 0. The largest absolute Gasteiger partial charge is 0.376 e. The molecule has 0 bridgehead atoms. The predicted octanol–water partition coefficient (Wildman–Crippen LogP) is 2.10. The van der Waals surface area contributed by atoms with Gasteiger partial charge >= 0.3 is 5.69 Å². The van der Waals surface area contributed by atoms with Crippen molar-refractivity contribution in [2.75, 3.05) is 19.7 Å². The lowest BCUT2D eigenvalue weighted by molar-refractivity contribution is 0.00190. The van der Waals surface area contributed by atoms with E-state index in [1.165, 1.54) is 0 Å². The Hall–Kier alpha value is -1.69. The minimum Gasteiger partial charge on any atom is -0.376 e. The molecule has 6 nitrogen and oxygen atoms in total. The molecule has 1 N–H and O–H groups in total. The molecule has 0 radical (unpaired) electrons. The van der Waals surface area contributed by atoms with Crippen LogP contribution >= 0.6 is 0 Å². The number of hydrogen-bond donors (Lipinski definition) is 1. The van der Waals surface area contributed by atoms with Crippen LogP contribution in [0.3, 0.4) is 0 Å². The quantitative estimate of drug-likeness (QED) is 0.921. The standard InChI is InChI=1S/C17H27N3O3/c1-5-9-23-12-7-6-8-20(11-12)15(21)13-10-14(17(2,3)4)19-16(22)18-13/h10,12H,5-9,11H2,1-4H3,(H,18,19,22)/t12-/m1/s1. The number of amides is 1. The van der Waals surface area contributed by atoms with E-state index in [1.54, 1.807) is 11.0 Å². The fraction of sp³-hybridized carbons (Fsp3) is 0.706. The van der Waals surface area contributed by atoms with Gasteiger partial charge < -0.3 is 14.6 Å². The number of carbonyl (C=O) groups is 1. The van der Waals surface area contributed by atoms with Crippen molar-refractivity contribution in [3.05, 3.63) is 27.9 Å². The third-order valence-corrected chi connectivity index (χ3v) is 3.99. The summed E-state index contributed by atoms with van der Waals surface area (Å²) in [5.41, 5.74) is 0.217. The lowest BCUT2D eigenvalue weighted by Gasteiger charge is -2.32. The molecule has 1 aliphatic rings. The van der Waals surface area contributed by atoms with Crippen LogP contribution in [0, 0.1) is 0 Å². The predicted molar refractivity (Wildman–Crippen MR) is 88.7 cm³/mol. The Labute approximate surface area is 137 Å². The summed E-state index contributed by atoms with van der Waals surface area (Å²) in [6, 6.07) is 1.69. The Kier molecular flexibility index (Phi) is 5.57. The molecular formula is C17H27N3O3. The van der Waals surface area contributed by atoms with Crippen LogP contribution in [0.5, 0.6) is 0 Å². The first kappa shape index (κ1) is 17.7. The topological polar surface area (TPSA) is 75.3 Å². The van der Waals surface area contributed by atoms with E-state index in [0.717, 1.165) is 25.0 Å². The minimum atomic E-state index is -0.475. The van der Waals surface area contributed by atoms with Crippen LogP contribution in [0.25, 0.3) is 0 Å². The highest BCUT2D eigenvalue weighted by Gasteiger charge is 2.27. The maximum absolute atomic E-state index is 12.7. The number of aromatic nitrogens is 2. The highest BCUT2D eigenvalue weighted by atomic mass is 16.5. The van der Waals surface area contributed by atoms with Gasteiger partial charge in [0, 0.05) is 30.8 Å². The average Bonchev–Trinajstić information content (AvgIpc) is 2.51. The van der Waals surface area contributed by atoms with Gasteiger partial charge in [0.1, 0.15) is 5.69 Å². The average molecular weight is 321 g/mol. The van der Waals surface area contributed by atoms with Gasteiger partial charge in [0.15, 0.2) is 0 Å². The number of likely N-dealkylation sites (tertiary alicyclic amines) is 1. The van der Waals surface area contributed by atoms with E-state index in [-0.39, 0.29) is 23.1 Å². The fourth-order valence-corrected chi connectivity index (χ4v) is 2.68. The zero-order chi connectivity index (χ0) is 17.0. The molecule has 1 aromatic rings. The van der Waals surface area contributed by atoms with E-state index < -0.39 is 5.69 Å². The van der Waals surface area contributed by atoms with Crippen LogP contribution < -0.4 is 5.69 Å². The molecule has 0 spiro atoms. The van der Waals surface area contributed by atoms with Gasteiger partial charge in [-0.25, -0.2) is 4.79 Å². The lowest BCUT2D eigenvalue weighted by Crippen LogP contribution is -2.44. The summed E-state index contributed by atoms with van der Waals surface area (Å²) in [6.07, 6.45) is 2.93. The van der Waals surface area contributed by atoms with E-state index in [2.05, 4.69) is 16.9 Å². The number of hydrogen-bond acceptors (Lipinski definition) is 4. The normalized spacial score (nSPS) is 19.0. The van der Waals surface area contributed by atoms with Crippen molar-refractivity contribution in [2.45, 2.75) is 58.5 Å². The molecule has 2 heterocycles. The summed E-state index contributed by atoms with van der Waals surface area (Å²) in [7, 11) is 0. The maximum atomic E-state index is 12.7. The molecule has 0 aromatic carbocycles. The van der Waals surface area contributed by atoms with Crippen LogP contribution in [0.15, 0.2) is 10.9 Å². The van der Waals surface area contributed by atoms with Gasteiger partial charge in [-0.3, -0.25) is 4.79 Å². The number of H-pyrrole nitrogens is 1. The molecule has 1 fully saturated rings. The number of ether oxygens (including phenoxy) is 1. The third kappa shape index (κ3) is 4.64. The second kappa shape index (κ2) is 7.25. The highest BCUT2D eigenvalue weighted by Crippen LogP contribution is 2.20. The molecular weight excluding hydrogens is 294 g/mol. The molecule has 1 aliphatic heterocycles. The van der Waals surface area contributed by atoms with Gasteiger partial charge in [-0.1, -0.05) is 27.7 Å². The molecule has 23 heavy (non-hydrogen) atoms. The molecule has 0 aliphatic carbocycles. The van der Waals surface area contributed by atoms with Gasteiger partial charge in [0.2, 0.25) is 0 Å². The Bertz CT molecular complexity index is 604. The number of rotatable bonds is 4. The number of aromatic amines is 1. The first-order valence-electron chi connectivity index (χ1n) is 8.34. The van der Waals surface area contributed by atoms with Gasteiger partial charge in [-0.05, 0) is 25.3 Å². The molecule has 1 amide bonds. The van der Waals surface area contributed by atoms with Crippen molar-refractivity contribution < 1.29 is 9.53 Å². The van der Waals surface area contributed by atoms with Crippen molar-refractivity contribution in [2.24, 2.45) is 0 Å². The summed E-state index contributed by atoms with van der Waals surface area (Å²) in [5.74, 6) is -0.189. The van der Waals surface area contributed by atoms with Crippen LogP contribution in [0.2, 0.25) is 0 Å². The second-order valence-corrected chi connectivity index (χ2v) is 7.12. The maximum Gasteiger partial charge on any atom is 0.345 e. The number of carbonyl (C=O) groups excluding carboxylic acids is 1. The van der Waals surface area contributed by atoms with E-state index in [4.69, 9.17) is 4.74 Å². The van der Waals surface area contributed by atoms with Crippen LogP contribution in [0.4, 0.5) is 0 Å². The van der Waals surface area contributed by atoms with Crippen molar-refractivity contribution in [3.8, 4) is 0 Å². The number of piperidine rings is 1. The Morgan fingerprint density at radius 2 is 2.22 bits per heavy atom. The van der Waals surface area contributed by atoms with Crippen LogP contribution in [-0.4, -0.2) is 46.6 Å². The van der Waals surface area contributed by atoms with Gasteiger partial charge in [-0.15, -0.1) is 0 Å². The summed E-state index contributed by atoms with van der Waals surface area (Å²) in [4.78, 5) is 32.8. The Morgan fingerprint density at radius 3 is 2.87 bits per heavy atom. The Balaban J connectivity index is 2.16. The molecule has 128 valence electrons. The number of nitrogens with one attached hydrogen (secondary N) is 1. The molecule has 6 heteroatoms. The Morgan fingerprint density at radius 1 is 1.48 bits per heavy atom. The van der Waals surface area contributed by atoms with Crippen molar-refractivity contribution in [1.82, 2.24) is 14.9 Å². The molecule has 1 saturated heterocycles. The summed E-state index contributed by atoms with van der Waals surface area (Å²) in [5, 5.41) is 0. The molecule has 0 unspecified atom stereocenters. The zero-order valence-electron chi connectivity index (χ0n) is 14.5. The smallest absolute Gasteiger partial charge is 0.345 e. The van der Waals surface area contributed by atoms with Crippen molar-refractivity contribution in [3.63, 3.8) is 0 Å². The molecule has 0 saturated carbocycles. The van der Waals surface area contributed by atoms with E-state index in [9.17, 15) is 9.59 Å². The van der Waals surface area contributed by atoms with Gasteiger partial charge in [0.05, 0.1) is 6.10 Å². The summed E-state index contributed by atoms with van der Waals surface area (Å²) < 4.78 is 5.77. The van der Waals surface area contributed by atoms with Crippen molar-refractivity contribution >= 4 is 5.91 Å². The van der Waals surface area contributed by atoms with Crippen LogP contribution in [-0.2, 0) is 10.2 Å². The fourth-order valence-electron chi connectivity index (χ4n) is 2.68. The van der Waals surface area contributed by atoms with Gasteiger partial charge in [-0.2, -0.15) is 4.98 Å². The highest BCUT2D eigenvalue weighted by molar-refractivity contribution is 5.92. The second-order valence-electron chi connectivity index (χ2n) is 7.12. The van der Waals surface area contributed by atoms with E-state index >= 15 is 0 Å². The van der Waals surface area contributed by atoms with Gasteiger partial charge in [0.25, 0.3) is 5.91 Å².